The third-order valence-corrected chi connectivity index (χ3v) is 6.47. The van der Waals surface area contributed by atoms with Crippen molar-refractivity contribution in [2.45, 2.75) is 12.7 Å². The van der Waals surface area contributed by atoms with E-state index in [9.17, 15) is 18.0 Å². The molecule has 208 valence electrons. The first-order valence-electron chi connectivity index (χ1n) is 12.5. The molecule has 40 heavy (non-hydrogen) atoms. The summed E-state index contributed by atoms with van der Waals surface area (Å²) in [5.41, 5.74) is 5.95. The number of amides is 1. The number of nitrogens with zero attached hydrogens (tertiary/aromatic N) is 4. The van der Waals surface area contributed by atoms with Crippen molar-refractivity contribution in [3.63, 3.8) is 0 Å². The fourth-order valence-electron chi connectivity index (χ4n) is 4.21. The zero-order valence-corrected chi connectivity index (χ0v) is 22.1. The van der Waals surface area contributed by atoms with Crippen LogP contribution in [-0.2, 0) is 17.5 Å². The Bertz CT molecular complexity index is 1520. The number of piperazine rings is 1. The van der Waals surface area contributed by atoms with Crippen molar-refractivity contribution < 1.29 is 18.0 Å². The number of hydrogen-bond acceptors (Lipinski definition) is 8. The number of anilines is 2. The van der Waals surface area contributed by atoms with Crippen LogP contribution in [0.1, 0.15) is 16.7 Å². The van der Waals surface area contributed by atoms with E-state index in [0.717, 1.165) is 19.2 Å². The first-order chi connectivity index (χ1) is 19.0. The van der Waals surface area contributed by atoms with E-state index in [1.54, 1.807) is 25.4 Å². The molecular formula is C28H29F3N8O. The second kappa shape index (κ2) is 12.1. The van der Waals surface area contributed by atoms with Crippen molar-refractivity contribution in [3.8, 4) is 11.8 Å². The van der Waals surface area contributed by atoms with Crippen LogP contribution in [-0.4, -0.2) is 71.7 Å². The topological polar surface area (TPSA) is 123 Å². The van der Waals surface area contributed by atoms with Crippen LogP contribution in [0.4, 0.5) is 24.7 Å². The zero-order valence-electron chi connectivity index (χ0n) is 22.1. The maximum absolute atomic E-state index is 13.9. The number of fused-ring (bicyclic) bond motifs is 1. The molecule has 9 nitrogen and oxygen atoms in total. The van der Waals surface area contributed by atoms with E-state index in [2.05, 4.69) is 37.3 Å². The molecular weight excluding hydrogens is 521 g/mol. The minimum absolute atomic E-state index is 0.0541. The molecule has 0 radical (unpaired) electrons. The van der Waals surface area contributed by atoms with E-state index < -0.39 is 23.4 Å². The normalized spacial score (nSPS) is 14.9. The molecule has 12 heteroatoms. The Labute approximate surface area is 229 Å². The number of carbonyl (C=O) groups excluding carboxylic acids is 1. The molecule has 1 aromatic carbocycles. The van der Waals surface area contributed by atoms with Crippen LogP contribution in [0, 0.1) is 17.3 Å². The number of hydrogen-bond donors (Lipinski definition) is 4. The smallest absolute Gasteiger partial charge is 0.382 e. The lowest BCUT2D eigenvalue weighted by Gasteiger charge is -2.33. The molecule has 0 aliphatic carbocycles. The van der Waals surface area contributed by atoms with Gasteiger partial charge in [0.05, 0.1) is 16.8 Å². The molecule has 3 aromatic rings. The molecule has 1 fully saturated rings. The van der Waals surface area contributed by atoms with Gasteiger partial charge in [-0.25, -0.2) is 4.98 Å². The van der Waals surface area contributed by atoms with Gasteiger partial charge in [-0.1, -0.05) is 12.0 Å². The van der Waals surface area contributed by atoms with Gasteiger partial charge >= 0.3 is 6.18 Å². The fraction of sp³-hybridized carbons (Fsp3) is 0.286. The first kappa shape index (κ1) is 28.5. The molecule has 1 aliphatic rings. The highest BCUT2D eigenvalue weighted by Gasteiger charge is 2.34. The largest absolute Gasteiger partial charge is 0.416 e. The number of halogens is 3. The van der Waals surface area contributed by atoms with Gasteiger partial charge in [0.1, 0.15) is 17.0 Å². The van der Waals surface area contributed by atoms with Crippen LogP contribution < -0.4 is 16.4 Å². The average Bonchev–Trinajstić information content (AvgIpc) is 2.93. The van der Waals surface area contributed by atoms with E-state index in [-0.39, 0.29) is 29.3 Å². The summed E-state index contributed by atoms with van der Waals surface area (Å²) in [6, 6.07) is 7.24. The number of likely N-dealkylation sites (N-methyl/N-ethyl adjacent to an activating group) is 1. The number of allylic oxidation sites excluding steroid dienone is 1. The highest BCUT2D eigenvalue weighted by Crippen LogP contribution is 2.34. The Balaban J connectivity index is 1.49. The molecule has 1 saturated heterocycles. The Morgan fingerprint density at radius 2 is 1.95 bits per heavy atom. The van der Waals surface area contributed by atoms with Crippen LogP contribution in [0.25, 0.3) is 10.9 Å². The van der Waals surface area contributed by atoms with Gasteiger partial charge in [-0.15, -0.1) is 0 Å². The number of benzene rings is 1. The highest BCUT2D eigenvalue weighted by atomic mass is 19.4. The van der Waals surface area contributed by atoms with Crippen LogP contribution in [0.2, 0.25) is 0 Å². The Hall–Kier alpha value is -4.47. The molecule has 0 bridgehead atoms. The van der Waals surface area contributed by atoms with Gasteiger partial charge < -0.3 is 21.3 Å². The van der Waals surface area contributed by atoms with Crippen LogP contribution >= 0.6 is 0 Å². The quantitative estimate of drug-likeness (QED) is 0.275. The van der Waals surface area contributed by atoms with E-state index in [1.807, 2.05) is 11.9 Å². The number of pyridine rings is 2. The maximum atomic E-state index is 13.9. The monoisotopic (exact) mass is 550 g/mol. The number of nitrogen functional groups attached to an aromatic ring is 1. The van der Waals surface area contributed by atoms with Crippen molar-refractivity contribution in [3.05, 3.63) is 71.2 Å². The number of nitrogens with two attached hydrogens (primary N) is 1. The fourth-order valence-corrected chi connectivity index (χ4v) is 4.21. The standard InChI is InChI=1S/C28H29F3N8O/c1-34-20(7-5-18-16-36-26(33)25-22(18)4-3-9-35-25)15-24(32)27(40)37-21-8-6-19(23(14-21)28(29,30)31)17-39-12-10-38(2)11-13-39/h3-4,6,8-9,14-16,32,34H,10-13,17H2,1-2H3,(H2,33,36)(H,37,40)/b20-15-,32-24?. The zero-order chi connectivity index (χ0) is 28.9. The number of nitrogens with one attached hydrogen (secondary N) is 3. The number of alkyl halides is 3. The molecule has 0 saturated carbocycles. The first-order valence-corrected chi connectivity index (χ1v) is 12.5. The summed E-state index contributed by atoms with van der Waals surface area (Å²) in [5.74, 6) is 5.16. The van der Waals surface area contributed by atoms with Crippen molar-refractivity contribution in [1.82, 2.24) is 25.1 Å². The molecule has 0 spiro atoms. The van der Waals surface area contributed by atoms with Gasteiger partial charge in [0.25, 0.3) is 5.91 Å². The third-order valence-electron chi connectivity index (χ3n) is 6.47. The van der Waals surface area contributed by atoms with Gasteiger partial charge in [-0.2, -0.15) is 13.2 Å². The van der Waals surface area contributed by atoms with Gasteiger partial charge in [-0.05, 0) is 42.8 Å². The lowest BCUT2D eigenvalue weighted by Crippen LogP contribution is -2.44. The summed E-state index contributed by atoms with van der Waals surface area (Å²) < 4.78 is 41.6. The number of rotatable bonds is 6. The lowest BCUT2D eigenvalue weighted by molar-refractivity contribution is -0.138. The molecule has 0 unspecified atom stereocenters. The SMILES string of the molecule is CN/C(C#Cc1cnc(N)c2ncccc12)=C\C(=N)C(=O)Nc1ccc(CN2CCN(C)CC2)c(C(F)(F)F)c1. The molecule has 1 aliphatic heterocycles. The molecule has 1 amide bonds. The molecule has 3 heterocycles. The summed E-state index contributed by atoms with van der Waals surface area (Å²) in [7, 11) is 3.55. The summed E-state index contributed by atoms with van der Waals surface area (Å²) in [5, 5.41) is 14.1. The van der Waals surface area contributed by atoms with Crippen molar-refractivity contribution in [2.24, 2.45) is 0 Å². The summed E-state index contributed by atoms with van der Waals surface area (Å²) in [6.45, 7) is 3.08. The van der Waals surface area contributed by atoms with Crippen LogP contribution in [0.3, 0.4) is 0 Å². The highest BCUT2D eigenvalue weighted by molar-refractivity contribution is 6.46. The Kier molecular flexibility index (Phi) is 8.67. The Morgan fingerprint density at radius 1 is 1.20 bits per heavy atom. The van der Waals surface area contributed by atoms with Gasteiger partial charge in [-0.3, -0.25) is 20.1 Å². The van der Waals surface area contributed by atoms with Crippen molar-refractivity contribution in [2.75, 3.05) is 51.3 Å². The molecule has 5 N–H and O–H groups in total. The third kappa shape index (κ3) is 6.93. The van der Waals surface area contributed by atoms with Gasteiger partial charge in [0.2, 0.25) is 0 Å². The second-order valence-corrected chi connectivity index (χ2v) is 9.33. The Morgan fingerprint density at radius 3 is 2.65 bits per heavy atom. The van der Waals surface area contributed by atoms with E-state index in [0.29, 0.717) is 29.6 Å². The predicted octanol–water partition coefficient (Wildman–Crippen LogP) is 3.09. The van der Waals surface area contributed by atoms with Gasteiger partial charge in [0.15, 0.2) is 0 Å². The lowest BCUT2D eigenvalue weighted by atomic mass is 10.0. The van der Waals surface area contributed by atoms with Crippen molar-refractivity contribution >= 4 is 34.0 Å². The molecule has 2 aromatic heterocycles. The number of aromatic nitrogens is 2. The van der Waals surface area contributed by atoms with Crippen LogP contribution in [0.5, 0.6) is 0 Å². The second-order valence-electron chi connectivity index (χ2n) is 9.33. The van der Waals surface area contributed by atoms with Gasteiger partial charge in [0, 0.05) is 69.3 Å². The minimum Gasteiger partial charge on any atom is -0.382 e. The van der Waals surface area contributed by atoms with Crippen molar-refractivity contribution in [1.29, 1.82) is 5.41 Å². The minimum atomic E-state index is -4.60. The van der Waals surface area contributed by atoms with E-state index in [4.69, 9.17) is 11.1 Å². The summed E-state index contributed by atoms with van der Waals surface area (Å²) in [4.78, 5) is 25.1. The predicted molar refractivity (Wildman–Crippen MR) is 149 cm³/mol. The molecule has 4 rings (SSSR count). The average molecular weight is 551 g/mol. The van der Waals surface area contributed by atoms with E-state index in [1.165, 1.54) is 24.4 Å². The van der Waals surface area contributed by atoms with Crippen LogP contribution in [0.15, 0.2) is 54.5 Å². The summed E-state index contributed by atoms with van der Waals surface area (Å²) >= 11 is 0. The number of carbonyl (C=O) groups is 1. The maximum Gasteiger partial charge on any atom is 0.416 e. The summed E-state index contributed by atoms with van der Waals surface area (Å²) in [6.07, 6.45) is -0.306. The molecule has 0 atom stereocenters. The van der Waals surface area contributed by atoms with E-state index >= 15 is 0 Å².